The number of Topliss-reactive ketones (excluding diaryl/α,β-unsaturated/α-hetero) is 1. The number of carbonyl (C=O) groups excluding carboxylic acids is 1. The summed E-state index contributed by atoms with van der Waals surface area (Å²) in [6, 6.07) is 14.2. The number of hydrogen-bond donors (Lipinski definition) is 1. The Bertz CT molecular complexity index is 909. The minimum absolute atomic E-state index is 0.0256. The van der Waals surface area contributed by atoms with Gasteiger partial charge in [0, 0.05) is 36.0 Å². The molecule has 5 heteroatoms. The summed E-state index contributed by atoms with van der Waals surface area (Å²) in [6.45, 7) is 2.34. The van der Waals surface area contributed by atoms with Crippen molar-refractivity contribution in [2.24, 2.45) is 5.92 Å². The molecular formula is C22H22FN3O. The Morgan fingerprint density at radius 2 is 2.07 bits per heavy atom. The number of benzene rings is 2. The second kappa shape index (κ2) is 7.84. The number of ketones is 1. The summed E-state index contributed by atoms with van der Waals surface area (Å²) in [5, 5.41) is 0. The quantitative estimate of drug-likeness (QED) is 0.687. The first-order chi connectivity index (χ1) is 13.2. The molecule has 4 rings (SSSR count). The summed E-state index contributed by atoms with van der Waals surface area (Å²) in [5.41, 5.74) is 1.79. The zero-order chi connectivity index (χ0) is 18.6. The number of piperidine rings is 1. The van der Waals surface area contributed by atoms with E-state index < -0.39 is 0 Å². The fourth-order valence-corrected chi connectivity index (χ4v) is 3.77. The van der Waals surface area contributed by atoms with E-state index in [-0.39, 0.29) is 17.5 Å². The second-order valence-corrected chi connectivity index (χ2v) is 7.04. The molecule has 27 heavy (non-hydrogen) atoms. The summed E-state index contributed by atoms with van der Waals surface area (Å²) in [6.07, 6.45) is 5.34. The Hall–Kier alpha value is -2.79. The van der Waals surface area contributed by atoms with Crippen molar-refractivity contribution in [3.05, 3.63) is 78.1 Å². The van der Waals surface area contributed by atoms with Gasteiger partial charge in [-0.2, -0.15) is 0 Å². The number of carbonyl (C=O) groups is 1. The standard InChI is InChI=1S/C22H22FN3O/c23-20-13-17(8-9-19(20)16-5-2-1-3-6-16)22(27)18-7-4-12-26(14-18)15-21-24-10-11-25-21/h1-3,5-6,8-11,13,18H,4,7,12,14-15H2,(H,24,25). The predicted octanol–water partition coefficient (Wildman–Crippen LogP) is 4.31. The zero-order valence-corrected chi connectivity index (χ0v) is 15.1. The molecule has 3 aromatic rings. The van der Waals surface area contributed by atoms with E-state index in [0.29, 0.717) is 24.2 Å². The van der Waals surface area contributed by atoms with Crippen molar-refractivity contribution < 1.29 is 9.18 Å². The van der Waals surface area contributed by atoms with E-state index in [4.69, 9.17) is 0 Å². The van der Waals surface area contributed by atoms with E-state index in [1.807, 2.05) is 30.3 Å². The monoisotopic (exact) mass is 363 g/mol. The lowest BCUT2D eigenvalue weighted by Crippen LogP contribution is -2.38. The van der Waals surface area contributed by atoms with Gasteiger partial charge in [0.2, 0.25) is 0 Å². The first-order valence-electron chi connectivity index (χ1n) is 9.30. The highest BCUT2D eigenvalue weighted by Crippen LogP contribution is 2.26. The second-order valence-electron chi connectivity index (χ2n) is 7.04. The summed E-state index contributed by atoms with van der Waals surface area (Å²) in [4.78, 5) is 22.5. The van der Waals surface area contributed by atoms with Crippen molar-refractivity contribution in [1.82, 2.24) is 14.9 Å². The molecule has 2 heterocycles. The van der Waals surface area contributed by atoms with Crippen molar-refractivity contribution in [1.29, 1.82) is 0 Å². The van der Waals surface area contributed by atoms with Crippen molar-refractivity contribution in [3.8, 4) is 11.1 Å². The lowest BCUT2D eigenvalue weighted by Gasteiger charge is -2.31. The van der Waals surface area contributed by atoms with Crippen molar-refractivity contribution in [3.63, 3.8) is 0 Å². The molecule has 1 fully saturated rings. The van der Waals surface area contributed by atoms with Crippen LogP contribution in [0.15, 0.2) is 60.9 Å². The molecular weight excluding hydrogens is 341 g/mol. The Kier molecular flexibility index (Phi) is 5.12. The average Bonchev–Trinajstić information content (AvgIpc) is 3.21. The number of nitrogens with one attached hydrogen (secondary N) is 1. The van der Waals surface area contributed by atoms with Crippen LogP contribution in [-0.2, 0) is 6.54 Å². The van der Waals surface area contributed by atoms with Crippen LogP contribution in [0.4, 0.5) is 4.39 Å². The van der Waals surface area contributed by atoms with E-state index >= 15 is 0 Å². The first kappa shape index (κ1) is 17.6. The van der Waals surface area contributed by atoms with Crippen molar-refractivity contribution >= 4 is 5.78 Å². The molecule has 0 amide bonds. The molecule has 1 aromatic heterocycles. The molecule has 1 N–H and O–H groups in total. The van der Waals surface area contributed by atoms with Crippen LogP contribution in [0.2, 0.25) is 0 Å². The van der Waals surface area contributed by atoms with Gasteiger partial charge < -0.3 is 4.98 Å². The van der Waals surface area contributed by atoms with Crippen molar-refractivity contribution in [2.75, 3.05) is 13.1 Å². The molecule has 1 atom stereocenters. The predicted molar refractivity (Wildman–Crippen MR) is 103 cm³/mol. The van der Waals surface area contributed by atoms with Crippen LogP contribution in [0.25, 0.3) is 11.1 Å². The maximum atomic E-state index is 14.6. The summed E-state index contributed by atoms with van der Waals surface area (Å²) in [5.74, 6) is 0.477. The molecule has 1 aliphatic rings. The largest absolute Gasteiger partial charge is 0.348 e. The van der Waals surface area contributed by atoms with Crippen molar-refractivity contribution in [2.45, 2.75) is 19.4 Å². The molecule has 138 valence electrons. The highest BCUT2D eigenvalue weighted by atomic mass is 19.1. The van der Waals surface area contributed by atoms with Crippen LogP contribution >= 0.6 is 0 Å². The minimum Gasteiger partial charge on any atom is -0.348 e. The maximum absolute atomic E-state index is 14.6. The number of imidazole rings is 1. The summed E-state index contributed by atoms with van der Waals surface area (Å²) in [7, 11) is 0. The van der Waals surface area contributed by atoms with Gasteiger partial charge in [0.05, 0.1) is 6.54 Å². The number of hydrogen-bond acceptors (Lipinski definition) is 3. The first-order valence-corrected chi connectivity index (χ1v) is 9.30. The third-order valence-corrected chi connectivity index (χ3v) is 5.14. The van der Waals surface area contributed by atoms with E-state index in [1.165, 1.54) is 6.07 Å². The SMILES string of the molecule is O=C(c1ccc(-c2ccccc2)c(F)c1)C1CCCN(Cc2ncc[nH]2)C1. The lowest BCUT2D eigenvalue weighted by molar-refractivity contribution is 0.0808. The van der Waals surface area contributed by atoms with E-state index in [2.05, 4.69) is 14.9 Å². The van der Waals surface area contributed by atoms with E-state index in [9.17, 15) is 9.18 Å². The number of aromatic amines is 1. The molecule has 4 nitrogen and oxygen atoms in total. The summed E-state index contributed by atoms with van der Waals surface area (Å²) >= 11 is 0. The topological polar surface area (TPSA) is 49.0 Å². The Balaban J connectivity index is 1.48. The fraction of sp³-hybridized carbons (Fsp3) is 0.273. The average molecular weight is 363 g/mol. The third kappa shape index (κ3) is 3.98. The molecule has 2 aromatic carbocycles. The number of likely N-dealkylation sites (tertiary alicyclic amines) is 1. The van der Waals surface area contributed by atoms with Gasteiger partial charge >= 0.3 is 0 Å². The number of rotatable bonds is 5. The van der Waals surface area contributed by atoms with Crippen LogP contribution in [-0.4, -0.2) is 33.7 Å². The molecule has 0 bridgehead atoms. The molecule has 1 aliphatic heterocycles. The van der Waals surface area contributed by atoms with Gasteiger partial charge in [-0.25, -0.2) is 9.37 Å². The van der Waals surface area contributed by atoms with Crippen LogP contribution in [0.5, 0.6) is 0 Å². The summed E-state index contributed by atoms with van der Waals surface area (Å²) < 4.78 is 14.6. The van der Waals surface area contributed by atoms with Crippen LogP contribution in [0.1, 0.15) is 29.0 Å². The molecule has 1 saturated heterocycles. The van der Waals surface area contributed by atoms with Gasteiger partial charge in [0.15, 0.2) is 5.78 Å². The van der Waals surface area contributed by atoms with Crippen LogP contribution in [0.3, 0.4) is 0 Å². The molecule has 1 unspecified atom stereocenters. The Morgan fingerprint density at radius 3 is 2.81 bits per heavy atom. The highest BCUT2D eigenvalue weighted by molar-refractivity contribution is 5.98. The fourth-order valence-electron chi connectivity index (χ4n) is 3.77. The lowest BCUT2D eigenvalue weighted by atomic mass is 9.89. The van der Waals surface area contributed by atoms with Gasteiger partial charge in [-0.3, -0.25) is 9.69 Å². The Morgan fingerprint density at radius 1 is 1.22 bits per heavy atom. The number of halogens is 1. The van der Waals surface area contributed by atoms with E-state index in [0.717, 1.165) is 30.8 Å². The van der Waals surface area contributed by atoms with Crippen LogP contribution < -0.4 is 0 Å². The molecule has 0 radical (unpaired) electrons. The number of nitrogens with zero attached hydrogens (tertiary/aromatic N) is 2. The maximum Gasteiger partial charge on any atom is 0.167 e. The Labute approximate surface area is 158 Å². The molecule has 0 spiro atoms. The molecule has 0 saturated carbocycles. The zero-order valence-electron chi connectivity index (χ0n) is 15.1. The number of aromatic nitrogens is 2. The normalized spacial score (nSPS) is 17.7. The van der Waals surface area contributed by atoms with Gasteiger partial charge in [-0.1, -0.05) is 42.5 Å². The number of H-pyrrole nitrogens is 1. The van der Waals surface area contributed by atoms with Gasteiger partial charge in [-0.05, 0) is 31.0 Å². The smallest absolute Gasteiger partial charge is 0.167 e. The van der Waals surface area contributed by atoms with Gasteiger partial charge in [0.1, 0.15) is 11.6 Å². The van der Waals surface area contributed by atoms with Crippen LogP contribution in [0, 0.1) is 11.7 Å². The van der Waals surface area contributed by atoms with Gasteiger partial charge in [-0.15, -0.1) is 0 Å². The van der Waals surface area contributed by atoms with E-state index in [1.54, 1.807) is 24.5 Å². The highest BCUT2D eigenvalue weighted by Gasteiger charge is 2.27. The van der Waals surface area contributed by atoms with Gasteiger partial charge in [0.25, 0.3) is 0 Å². The molecule has 0 aliphatic carbocycles. The third-order valence-electron chi connectivity index (χ3n) is 5.14. The minimum atomic E-state index is -0.352.